The molecule has 0 aliphatic carbocycles. The molecule has 0 amide bonds. The minimum Gasteiger partial charge on any atom is -0.252 e. The van der Waals surface area contributed by atoms with Crippen LogP contribution >= 0.6 is 11.6 Å². The van der Waals surface area contributed by atoms with Crippen molar-refractivity contribution in [1.82, 2.24) is 15.0 Å². The van der Waals surface area contributed by atoms with Crippen molar-refractivity contribution in [3.63, 3.8) is 0 Å². The zero-order valence-corrected chi connectivity index (χ0v) is 10.5. The average molecular weight is 250 g/mol. The maximum Gasteiger partial charge on any atom is 0.0827 e. The van der Waals surface area contributed by atoms with E-state index in [2.05, 4.69) is 34.6 Å². The summed E-state index contributed by atoms with van der Waals surface area (Å²) in [7, 11) is 0. The van der Waals surface area contributed by atoms with E-state index in [1.54, 1.807) is 0 Å². The zero-order valence-electron chi connectivity index (χ0n) is 9.72. The summed E-state index contributed by atoms with van der Waals surface area (Å²) in [6.45, 7) is 0.873. The van der Waals surface area contributed by atoms with Crippen molar-refractivity contribution in [3.8, 4) is 0 Å². The third-order valence-electron chi connectivity index (χ3n) is 2.63. The zero-order chi connectivity index (χ0) is 11.9. The summed E-state index contributed by atoms with van der Waals surface area (Å²) >= 11 is 5.64. The predicted octanol–water partition coefficient (Wildman–Crippen LogP) is 2.69. The SMILES string of the molecule is ClCCCc1cn(CCc2ccccc2)nn1. The summed E-state index contributed by atoms with van der Waals surface area (Å²) in [6.07, 6.45) is 4.86. The van der Waals surface area contributed by atoms with E-state index in [1.807, 2.05) is 16.9 Å². The summed E-state index contributed by atoms with van der Waals surface area (Å²) < 4.78 is 1.90. The van der Waals surface area contributed by atoms with Crippen LogP contribution in [0.4, 0.5) is 0 Å². The molecule has 0 N–H and O–H groups in total. The molecule has 1 heterocycles. The molecule has 0 aliphatic heterocycles. The number of aromatic nitrogens is 3. The van der Waals surface area contributed by atoms with Crippen LogP contribution in [0.1, 0.15) is 17.7 Å². The van der Waals surface area contributed by atoms with Crippen molar-refractivity contribution in [1.29, 1.82) is 0 Å². The largest absolute Gasteiger partial charge is 0.252 e. The summed E-state index contributed by atoms with van der Waals surface area (Å²) in [5.74, 6) is 0.677. The average Bonchev–Trinajstić information content (AvgIpc) is 2.83. The quantitative estimate of drug-likeness (QED) is 0.737. The van der Waals surface area contributed by atoms with E-state index in [1.165, 1.54) is 5.56 Å². The highest BCUT2D eigenvalue weighted by Gasteiger charge is 2.00. The molecule has 0 saturated carbocycles. The second-order valence-electron chi connectivity index (χ2n) is 4.00. The molecule has 4 heteroatoms. The molecule has 1 aromatic heterocycles. The minimum absolute atomic E-state index is 0.677. The topological polar surface area (TPSA) is 30.7 Å². The monoisotopic (exact) mass is 249 g/mol. The Kier molecular flexibility index (Phi) is 4.56. The Morgan fingerprint density at radius 2 is 1.94 bits per heavy atom. The van der Waals surface area contributed by atoms with Gasteiger partial charge in [-0.05, 0) is 24.8 Å². The second kappa shape index (κ2) is 6.40. The second-order valence-corrected chi connectivity index (χ2v) is 4.38. The number of alkyl halides is 1. The number of rotatable bonds is 6. The van der Waals surface area contributed by atoms with E-state index >= 15 is 0 Å². The van der Waals surface area contributed by atoms with Crippen LogP contribution in [0, 0.1) is 0 Å². The van der Waals surface area contributed by atoms with E-state index in [4.69, 9.17) is 11.6 Å². The fraction of sp³-hybridized carbons (Fsp3) is 0.385. The van der Waals surface area contributed by atoms with E-state index in [0.29, 0.717) is 5.88 Å². The van der Waals surface area contributed by atoms with Crippen LogP contribution in [0.2, 0.25) is 0 Å². The van der Waals surface area contributed by atoms with Gasteiger partial charge >= 0.3 is 0 Å². The van der Waals surface area contributed by atoms with Crippen molar-refractivity contribution in [2.24, 2.45) is 0 Å². The lowest BCUT2D eigenvalue weighted by molar-refractivity contribution is 0.589. The van der Waals surface area contributed by atoms with Gasteiger partial charge in [-0.1, -0.05) is 35.5 Å². The van der Waals surface area contributed by atoms with Gasteiger partial charge in [0.05, 0.1) is 5.69 Å². The van der Waals surface area contributed by atoms with Crippen LogP contribution in [0.5, 0.6) is 0 Å². The first-order valence-electron chi connectivity index (χ1n) is 5.87. The molecule has 2 rings (SSSR count). The number of hydrogen-bond donors (Lipinski definition) is 0. The number of halogens is 1. The van der Waals surface area contributed by atoms with Gasteiger partial charge in [0.15, 0.2) is 0 Å². The first-order valence-corrected chi connectivity index (χ1v) is 6.41. The van der Waals surface area contributed by atoms with Crippen LogP contribution in [0.25, 0.3) is 0 Å². The number of hydrogen-bond acceptors (Lipinski definition) is 2. The van der Waals surface area contributed by atoms with Crippen molar-refractivity contribution in [2.45, 2.75) is 25.8 Å². The molecule has 0 unspecified atom stereocenters. The van der Waals surface area contributed by atoms with Gasteiger partial charge in [0, 0.05) is 18.6 Å². The minimum atomic E-state index is 0.677. The summed E-state index contributed by atoms with van der Waals surface area (Å²) in [5, 5.41) is 8.23. The van der Waals surface area contributed by atoms with Gasteiger partial charge in [-0.15, -0.1) is 16.7 Å². The van der Waals surface area contributed by atoms with Crippen LogP contribution in [-0.4, -0.2) is 20.9 Å². The van der Waals surface area contributed by atoms with Crippen molar-refractivity contribution in [3.05, 3.63) is 47.8 Å². The summed E-state index contributed by atoms with van der Waals surface area (Å²) in [4.78, 5) is 0. The van der Waals surface area contributed by atoms with Gasteiger partial charge in [0.1, 0.15) is 0 Å². The van der Waals surface area contributed by atoms with Gasteiger partial charge in [-0.3, -0.25) is 4.68 Å². The molecule has 0 bridgehead atoms. The maximum atomic E-state index is 5.64. The smallest absolute Gasteiger partial charge is 0.0827 e. The van der Waals surface area contributed by atoms with Crippen molar-refractivity contribution in [2.75, 3.05) is 5.88 Å². The Morgan fingerprint density at radius 3 is 2.71 bits per heavy atom. The molecular weight excluding hydrogens is 234 g/mol. The molecule has 3 nitrogen and oxygen atoms in total. The standard InChI is InChI=1S/C13H16ClN3/c14-9-4-7-13-11-17(16-15-13)10-8-12-5-2-1-3-6-12/h1-3,5-6,11H,4,7-10H2. The maximum absolute atomic E-state index is 5.64. The number of aryl methyl sites for hydroxylation is 3. The Bertz CT molecular complexity index is 439. The first kappa shape index (κ1) is 12.1. The molecular formula is C13H16ClN3. The normalized spacial score (nSPS) is 10.6. The Hall–Kier alpha value is -1.35. The van der Waals surface area contributed by atoms with Gasteiger partial charge in [-0.2, -0.15) is 0 Å². The van der Waals surface area contributed by atoms with E-state index in [0.717, 1.165) is 31.5 Å². The fourth-order valence-electron chi connectivity index (χ4n) is 1.70. The molecule has 0 radical (unpaired) electrons. The molecule has 0 spiro atoms. The third kappa shape index (κ3) is 3.86. The molecule has 1 aromatic carbocycles. The lowest BCUT2D eigenvalue weighted by atomic mass is 10.1. The Morgan fingerprint density at radius 1 is 1.12 bits per heavy atom. The Labute approximate surface area is 106 Å². The van der Waals surface area contributed by atoms with E-state index in [9.17, 15) is 0 Å². The van der Waals surface area contributed by atoms with Gasteiger partial charge in [-0.25, -0.2) is 0 Å². The molecule has 0 saturated heterocycles. The lowest BCUT2D eigenvalue weighted by Gasteiger charge is -2.00. The highest BCUT2D eigenvalue weighted by Crippen LogP contribution is 2.03. The third-order valence-corrected chi connectivity index (χ3v) is 2.89. The first-order chi connectivity index (χ1) is 8.38. The molecule has 0 atom stereocenters. The molecule has 90 valence electrons. The molecule has 2 aromatic rings. The summed E-state index contributed by atoms with van der Waals surface area (Å²) in [5.41, 5.74) is 2.35. The van der Waals surface area contributed by atoms with Crippen molar-refractivity contribution >= 4 is 11.6 Å². The van der Waals surface area contributed by atoms with E-state index in [-0.39, 0.29) is 0 Å². The van der Waals surface area contributed by atoms with Crippen molar-refractivity contribution < 1.29 is 0 Å². The number of benzene rings is 1. The lowest BCUT2D eigenvalue weighted by Crippen LogP contribution is -2.01. The van der Waals surface area contributed by atoms with Crippen LogP contribution in [0.15, 0.2) is 36.5 Å². The number of nitrogens with zero attached hydrogens (tertiary/aromatic N) is 3. The van der Waals surface area contributed by atoms with Crippen LogP contribution in [-0.2, 0) is 19.4 Å². The fourth-order valence-corrected chi connectivity index (χ4v) is 1.83. The van der Waals surface area contributed by atoms with E-state index < -0.39 is 0 Å². The highest BCUT2D eigenvalue weighted by atomic mass is 35.5. The molecule has 17 heavy (non-hydrogen) atoms. The van der Waals surface area contributed by atoms with Gasteiger partial charge < -0.3 is 0 Å². The van der Waals surface area contributed by atoms with Crippen LogP contribution in [0.3, 0.4) is 0 Å². The predicted molar refractivity (Wildman–Crippen MR) is 69.2 cm³/mol. The van der Waals surface area contributed by atoms with Gasteiger partial charge in [0.2, 0.25) is 0 Å². The summed E-state index contributed by atoms with van der Waals surface area (Å²) in [6, 6.07) is 10.4. The van der Waals surface area contributed by atoms with Crippen LogP contribution < -0.4 is 0 Å². The van der Waals surface area contributed by atoms with Gasteiger partial charge in [0.25, 0.3) is 0 Å². The highest BCUT2D eigenvalue weighted by molar-refractivity contribution is 6.17. The molecule has 0 aliphatic rings. The molecule has 0 fully saturated rings. The Balaban J connectivity index is 1.85.